The van der Waals surface area contributed by atoms with Crippen LogP contribution in [0.25, 0.3) is 22.3 Å². The van der Waals surface area contributed by atoms with Crippen molar-refractivity contribution in [3.63, 3.8) is 0 Å². The lowest BCUT2D eigenvalue weighted by Crippen LogP contribution is -2.06. The van der Waals surface area contributed by atoms with E-state index in [0.717, 1.165) is 14.9 Å². The molecule has 0 aliphatic carbocycles. The van der Waals surface area contributed by atoms with Crippen LogP contribution in [-0.4, -0.2) is 0 Å². The molecule has 4 heteroatoms. The van der Waals surface area contributed by atoms with Crippen molar-refractivity contribution < 1.29 is 4.42 Å². The SMILES string of the molecule is O=c1c(Sc2ccccc2)c(-c2ccccc2)oc2ccc(Br)cc12. The first-order chi connectivity index (χ1) is 12.2. The lowest BCUT2D eigenvalue weighted by atomic mass is 10.1. The topological polar surface area (TPSA) is 30.2 Å². The largest absolute Gasteiger partial charge is 0.455 e. The summed E-state index contributed by atoms with van der Waals surface area (Å²) in [6, 6.07) is 25.1. The summed E-state index contributed by atoms with van der Waals surface area (Å²) >= 11 is 4.87. The van der Waals surface area contributed by atoms with Crippen LogP contribution in [0.3, 0.4) is 0 Å². The first-order valence-corrected chi connectivity index (χ1v) is 9.38. The van der Waals surface area contributed by atoms with Crippen molar-refractivity contribution in [2.75, 3.05) is 0 Å². The van der Waals surface area contributed by atoms with E-state index in [4.69, 9.17) is 4.42 Å². The van der Waals surface area contributed by atoms with Gasteiger partial charge < -0.3 is 4.42 Å². The lowest BCUT2D eigenvalue weighted by molar-refractivity contribution is 0.605. The molecule has 122 valence electrons. The van der Waals surface area contributed by atoms with Gasteiger partial charge in [-0.25, -0.2) is 0 Å². The summed E-state index contributed by atoms with van der Waals surface area (Å²) in [5.41, 5.74) is 1.46. The number of halogens is 1. The maximum atomic E-state index is 13.2. The highest BCUT2D eigenvalue weighted by Gasteiger charge is 2.17. The average Bonchev–Trinajstić information content (AvgIpc) is 2.66. The second-order valence-electron chi connectivity index (χ2n) is 5.51. The number of benzene rings is 3. The van der Waals surface area contributed by atoms with E-state index in [1.165, 1.54) is 11.8 Å². The maximum absolute atomic E-state index is 13.2. The molecule has 1 aromatic heterocycles. The van der Waals surface area contributed by atoms with Crippen LogP contribution in [0.5, 0.6) is 0 Å². The fourth-order valence-corrected chi connectivity index (χ4v) is 3.97. The Morgan fingerprint density at radius 1 is 0.840 bits per heavy atom. The summed E-state index contributed by atoms with van der Waals surface area (Å²) in [6.45, 7) is 0. The maximum Gasteiger partial charge on any atom is 0.207 e. The zero-order valence-corrected chi connectivity index (χ0v) is 15.5. The van der Waals surface area contributed by atoms with E-state index in [0.29, 0.717) is 21.6 Å². The molecule has 1 heterocycles. The van der Waals surface area contributed by atoms with E-state index in [9.17, 15) is 4.79 Å². The molecule has 0 N–H and O–H groups in total. The Balaban J connectivity index is 2.00. The van der Waals surface area contributed by atoms with Gasteiger partial charge in [0.1, 0.15) is 10.5 Å². The fraction of sp³-hybridized carbons (Fsp3) is 0. The van der Waals surface area contributed by atoms with Crippen molar-refractivity contribution in [2.24, 2.45) is 0 Å². The Hall–Kier alpha value is -2.30. The molecule has 0 spiro atoms. The van der Waals surface area contributed by atoms with E-state index >= 15 is 0 Å². The molecule has 0 amide bonds. The Kier molecular flexibility index (Phi) is 4.47. The molecule has 4 aromatic rings. The van der Waals surface area contributed by atoms with Crippen LogP contribution in [0.15, 0.2) is 102 Å². The van der Waals surface area contributed by atoms with Gasteiger partial charge in [0.25, 0.3) is 0 Å². The highest BCUT2D eigenvalue weighted by atomic mass is 79.9. The normalized spacial score (nSPS) is 10.9. The van der Waals surface area contributed by atoms with E-state index in [-0.39, 0.29) is 5.43 Å². The van der Waals surface area contributed by atoms with E-state index in [1.54, 1.807) is 0 Å². The summed E-state index contributed by atoms with van der Waals surface area (Å²) in [6.07, 6.45) is 0. The van der Waals surface area contributed by atoms with Gasteiger partial charge >= 0.3 is 0 Å². The monoisotopic (exact) mass is 408 g/mol. The predicted octanol–water partition coefficient (Wildman–Crippen LogP) is 6.37. The molecule has 0 aliphatic heterocycles. The third kappa shape index (κ3) is 3.28. The molecule has 0 saturated carbocycles. The average molecular weight is 409 g/mol. The van der Waals surface area contributed by atoms with Gasteiger partial charge in [0.15, 0.2) is 5.76 Å². The zero-order valence-electron chi connectivity index (χ0n) is 13.1. The summed E-state index contributed by atoms with van der Waals surface area (Å²) < 4.78 is 7.00. The summed E-state index contributed by atoms with van der Waals surface area (Å²) in [5, 5.41) is 0.576. The molecule has 0 saturated heterocycles. The highest BCUT2D eigenvalue weighted by Crippen LogP contribution is 2.36. The number of hydrogen-bond donors (Lipinski definition) is 0. The quantitative estimate of drug-likeness (QED) is 0.394. The van der Waals surface area contributed by atoms with Gasteiger partial charge in [-0.2, -0.15) is 0 Å². The second kappa shape index (κ2) is 6.90. The van der Waals surface area contributed by atoms with Gasteiger partial charge in [-0.15, -0.1) is 0 Å². The van der Waals surface area contributed by atoms with Crippen LogP contribution < -0.4 is 5.43 Å². The molecule has 0 bridgehead atoms. The van der Waals surface area contributed by atoms with Gasteiger partial charge in [-0.3, -0.25) is 4.79 Å². The fourth-order valence-electron chi connectivity index (χ4n) is 2.63. The summed E-state index contributed by atoms with van der Waals surface area (Å²) in [7, 11) is 0. The smallest absolute Gasteiger partial charge is 0.207 e. The molecular weight excluding hydrogens is 396 g/mol. The molecule has 4 rings (SSSR count). The van der Waals surface area contributed by atoms with Gasteiger partial charge in [-0.1, -0.05) is 76.2 Å². The minimum atomic E-state index is -0.0183. The lowest BCUT2D eigenvalue weighted by Gasteiger charge is -2.10. The van der Waals surface area contributed by atoms with Crippen molar-refractivity contribution in [3.8, 4) is 11.3 Å². The van der Waals surface area contributed by atoms with E-state index < -0.39 is 0 Å². The minimum absolute atomic E-state index is 0.0183. The van der Waals surface area contributed by atoms with Gasteiger partial charge in [0.2, 0.25) is 5.43 Å². The molecule has 0 fully saturated rings. The standard InChI is InChI=1S/C21H13BrO2S/c22-15-11-12-18-17(13-15)19(23)21(25-16-9-5-2-6-10-16)20(24-18)14-7-3-1-4-8-14/h1-13H. The van der Waals surface area contributed by atoms with Crippen LogP contribution in [0.1, 0.15) is 0 Å². The highest BCUT2D eigenvalue weighted by molar-refractivity contribution is 9.10. The third-order valence-corrected chi connectivity index (χ3v) is 5.39. The number of hydrogen-bond acceptors (Lipinski definition) is 3. The van der Waals surface area contributed by atoms with E-state index in [2.05, 4.69) is 15.9 Å². The second-order valence-corrected chi connectivity index (χ2v) is 7.51. The predicted molar refractivity (Wildman–Crippen MR) is 106 cm³/mol. The Morgan fingerprint density at radius 2 is 1.52 bits per heavy atom. The van der Waals surface area contributed by atoms with Gasteiger partial charge in [0, 0.05) is 14.9 Å². The minimum Gasteiger partial charge on any atom is -0.455 e. The molecular formula is C21H13BrO2S. The molecule has 0 unspecified atom stereocenters. The molecule has 3 aromatic carbocycles. The molecule has 2 nitrogen and oxygen atoms in total. The van der Waals surface area contributed by atoms with Crippen LogP contribution in [-0.2, 0) is 0 Å². The molecule has 0 atom stereocenters. The Bertz CT molecular complexity index is 1090. The zero-order chi connectivity index (χ0) is 17.2. The first kappa shape index (κ1) is 16.2. The van der Waals surface area contributed by atoms with Crippen LogP contribution in [0.2, 0.25) is 0 Å². The van der Waals surface area contributed by atoms with Crippen LogP contribution in [0.4, 0.5) is 0 Å². The van der Waals surface area contributed by atoms with Crippen molar-refractivity contribution >= 4 is 38.7 Å². The van der Waals surface area contributed by atoms with Crippen molar-refractivity contribution in [1.29, 1.82) is 0 Å². The molecule has 0 radical (unpaired) electrons. The molecule has 25 heavy (non-hydrogen) atoms. The Morgan fingerprint density at radius 3 is 2.24 bits per heavy atom. The van der Waals surface area contributed by atoms with E-state index in [1.807, 2.05) is 78.9 Å². The van der Waals surface area contributed by atoms with Crippen LogP contribution >= 0.6 is 27.7 Å². The summed E-state index contributed by atoms with van der Waals surface area (Å²) in [4.78, 5) is 14.8. The van der Waals surface area contributed by atoms with Crippen molar-refractivity contribution in [2.45, 2.75) is 9.79 Å². The number of fused-ring (bicyclic) bond motifs is 1. The Labute approximate surface area is 157 Å². The number of rotatable bonds is 3. The van der Waals surface area contributed by atoms with Crippen LogP contribution in [0, 0.1) is 0 Å². The van der Waals surface area contributed by atoms with Gasteiger partial charge in [0.05, 0.1) is 5.39 Å². The summed E-state index contributed by atoms with van der Waals surface area (Å²) in [5.74, 6) is 0.606. The van der Waals surface area contributed by atoms with Gasteiger partial charge in [-0.05, 0) is 30.3 Å². The third-order valence-electron chi connectivity index (χ3n) is 3.81. The van der Waals surface area contributed by atoms with Crippen molar-refractivity contribution in [1.82, 2.24) is 0 Å². The molecule has 0 aliphatic rings. The first-order valence-electron chi connectivity index (χ1n) is 7.77. The van der Waals surface area contributed by atoms with Crippen molar-refractivity contribution in [3.05, 3.63) is 93.6 Å².